The summed E-state index contributed by atoms with van der Waals surface area (Å²) in [6.45, 7) is 4.09. The lowest BCUT2D eigenvalue weighted by molar-refractivity contribution is -0.118. The van der Waals surface area contributed by atoms with Crippen molar-refractivity contribution in [1.29, 1.82) is 0 Å². The SMILES string of the molecule is Cc1cccc(OCC(=O)Nc2ccccc2NC(=O)CCN)c1C. The predicted molar refractivity (Wildman–Crippen MR) is 98.8 cm³/mol. The summed E-state index contributed by atoms with van der Waals surface area (Å²) in [5, 5.41) is 5.49. The number of ether oxygens (including phenoxy) is 1. The number of anilines is 2. The molecule has 0 heterocycles. The number of amides is 2. The van der Waals surface area contributed by atoms with Gasteiger partial charge in [0.1, 0.15) is 5.75 Å². The van der Waals surface area contributed by atoms with Crippen molar-refractivity contribution in [1.82, 2.24) is 0 Å². The maximum atomic E-state index is 12.2. The van der Waals surface area contributed by atoms with Crippen molar-refractivity contribution in [3.8, 4) is 5.75 Å². The molecule has 0 aliphatic rings. The molecule has 0 aliphatic carbocycles. The molecule has 2 aromatic rings. The van der Waals surface area contributed by atoms with Gasteiger partial charge >= 0.3 is 0 Å². The van der Waals surface area contributed by atoms with Crippen molar-refractivity contribution in [2.75, 3.05) is 23.8 Å². The molecule has 0 saturated carbocycles. The maximum absolute atomic E-state index is 12.2. The first-order valence-electron chi connectivity index (χ1n) is 8.09. The molecule has 0 radical (unpaired) electrons. The fourth-order valence-corrected chi connectivity index (χ4v) is 2.26. The van der Waals surface area contributed by atoms with Gasteiger partial charge < -0.3 is 21.1 Å². The fraction of sp³-hybridized carbons (Fsp3) is 0.263. The zero-order valence-electron chi connectivity index (χ0n) is 14.5. The fourth-order valence-electron chi connectivity index (χ4n) is 2.26. The van der Waals surface area contributed by atoms with Crippen LogP contribution in [0.15, 0.2) is 42.5 Å². The summed E-state index contributed by atoms with van der Waals surface area (Å²) in [5.41, 5.74) is 8.52. The van der Waals surface area contributed by atoms with Crippen molar-refractivity contribution in [2.45, 2.75) is 20.3 Å². The van der Waals surface area contributed by atoms with E-state index in [1.54, 1.807) is 24.3 Å². The smallest absolute Gasteiger partial charge is 0.262 e. The number of para-hydroxylation sites is 2. The molecule has 0 saturated heterocycles. The first kappa shape index (κ1) is 18.5. The number of benzene rings is 2. The Balaban J connectivity index is 1.98. The van der Waals surface area contributed by atoms with E-state index in [0.29, 0.717) is 17.1 Å². The number of nitrogens with two attached hydrogens (primary N) is 1. The molecule has 0 aromatic heterocycles. The highest BCUT2D eigenvalue weighted by atomic mass is 16.5. The minimum absolute atomic E-state index is 0.116. The van der Waals surface area contributed by atoms with Crippen molar-refractivity contribution in [2.24, 2.45) is 5.73 Å². The monoisotopic (exact) mass is 341 g/mol. The van der Waals surface area contributed by atoms with Gasteiger partial charge in [0.25, 0.3) is 5.91 Å². The van der Waals surface area contributed by atoms with Gasteiger partial charge in [0.15, 0.2) is 6.61 Å². The molecule has 4 N–H and O–H groups in total. The van der Waals surface area contributed by atoms with Gasteiger partial charge in [-0.25, -0.2) is 0 Å². The average molecular weight is 341 g/mol. The summed E-state index contributed by atoms with van der Waals surface area (Å²) < 4.78 is 5.60. The molecule has 0 unspecified atom stereocenters. The Kier molecular flexibility index (Phi) is 6.54. The van der Waals surface area contributed by atoms with E-state index < -0.39 is 0 Å². The van der Waals surface area contributed by atoms with Crippen LogP contribution >= 0.6 is 0 Å². The van der Waals surface area contributed by atoms with Crippen LogP contribution in [-0.4, -0.2) is 25.0 Å². The second kappa shape index (κ2) is 8.84. The Morgan fingerprint density at radius 1 is 0.960 bits per heavy atom. The van der Waals surface area contributed by atoms with Crippen LogP contribution in [-0.2, 0) is 9.59 Å². The predicted octanol–water partition coefficient (Wildman–Crippen LogP) is 2.61. The van der Waals surface area contributed by atoms with E-state index in [-0.39, 0.29) is 31.4 Å². The van der Waals surface area contributed by atoms with E-state index in [1.165, 1.54) is 0 Å². The number of nitrogens with one attached hydrogen (secondary N) is 2. The summed E-state index contributed by atoms with van der Waals surface area (Å²) in [6.07, 6.45) is 0.220. The van der Waals surface area contributed by atoms with Gasteiger partial charge in [0.05, 0.1) is 11.4 Å². The lowest BCUT2D eigenvalue weighted by Gasteiger charge is -2.13. The summed E-state index contributed by atoms with van der Waals surface area (Å²) in [4.78, 5) is 23.9. The molecule has 0 aliphatic heterocycles. The van der Waals surface area contributed by atoms with Crippen LogP contribution in [0.5, 0.6) is 5.75 Å². The lowest BCUT2D eigenvalue weighted by Crippen LogP contribution is -2.22. The zero-order valence-corrected chi connectivity index (χ0v) is 14.5. The third-order valence-electron chi connectivity index (χ3n) is 3.76. The topological polar surface area (TPSA) is 93.5 Å². The van der Waals surface area contributed by atoms with Gasteiger partial charge in [-0.15, -0.1) is 0 Å². The van der Waals surface area contributed by atoms with E-state index in [1.807, 2.05) is 32.0 Å². The van der Waals surface area contributed by atoms with Crippen LogP contribution in [0, 0.1) is 13.8 Å². The largest absolute Gasteiger partial charge is 0.483 e. The Labute approximate surface area is 147 Å². The zero-order chi connectivity index (χ0) is 18.2. The average Bonchev–Trinajstić information content (AvgIpc) is 2.58. The van der Waals surface area contributed by atoms with Gasteiger partial charge in [-0.2, -0.15) is 0 Å². The van der Waals surface area contributed by atoms with Crippen LogP contribution in [0.1, 0.15) is 17.5 Å². The first-order valence-corrected chi connectivity index (χ1v) is 8.09. The Bertz CT molecular complexity index is 759. The van der Waals surface area contributed by atoms with E-state index in [0.717, 1.165) is 11.1 Å². The number of hydrogen-bond donors (Lipinski definition) is 3. The van der Waals surface area contributed by atoms with Gasteiger partial charge in [-0.3, -0.25) is 9.59 Å². The number of carbonyl (C=O) groups excluding carboxylic acids is 2. The lowest BCUT2D eigenvalue weighted by atomic mass is 10.1. The van der Waals surface area contributed by atoms with E-state index in [9.17, 15) is 9.59 Å². The van der Waals surface area contributed by atoms with Crippen LogP contribution in [0.4, 0.5) is 11.4 Å². The Morgan fingerprint density at radius 2 is 1.60 bits per heavy atom. The van der Waals surface area contributed by atoms with Crippen molar-refractivity contribution in [3.63, 3.8) is 0 Å². The molecule has 0 atom stereocenters. The van der Waals surface area contributed by atoms with Crippen LogP contribution < -0.4 is 21.1 Å². The van der Waals surface area contributed by atoms with Gasteiger partial charge in [0.2, 0.25) is 5.91 Å². The second-order valence-electron chi connectivity index (χ2n) is 5.67. The van der Waals surface area contributed by atoms with Crippen molar-refractivity contribution < 1.29 is 14.3 Å². The Morgan fingerprint density at radius 3 is 2.24 bits per heavy atom. The summed E-state index contributed by atoms with van der Waals surface area (Å²) in [7, 11) is 0. The first-order chi connectivity index (χ1) is 12.0. The number of aryl methyl sites for hydroxylation is 1. The summed E-state index contributed by atoms with van der Waals surface area (Å²) in [5.74, 6) is 0.178. The highest BCUT2D eigenvalue weighted by molar-refractivity contribution is 6.00. The van der Waals surface area contributed by atoms with Crippen molar-refractivity contribution in [3.05, 3.63) is 53.6 Å². The standard InChI is InChI=1S/C19H23N3O3/c1-13-6-5-9-17(14(13)2)25-12-19(24)22-16-8-4-3-7-15(16)21-18(23)10-11-20/h3-9H,10-12,20H2,1-2H3,(H,21,23)(H,22,24). The molecule has 25 heavy (non-hydrogen) atoms. The maximum Gasteiger partial charge on any atom is 0.262 e. The number of hydrogen-bond acceptors (Lipinski definition) is 4. The second-order valence-corrected chi connectivity index (χ2v) is 5.67. The molecule has 2 amide bonds. The molecule has 132 valence electrons. The highest BCUT2D eigenvalue weighted by Crippen LogP contribution is 2.22. The minimum Gasteiger partial charge on any atom is -0.483 e. The van der Waals surface area contributed by atoms with Crippen molar-refractivity contribution >= 4 is 23.2 Å². The van der Waals surface area contributed by atoms with E-state index in [2.05, 4.69) is 10.6 Å². The molecule has 0 bridgehead atoms. The highest BCUT2D eigenvalue weighted by Gasteiger charge is 2.10. The molecule has 2 aromatic carbocycles. The Hall–Kier alpha value is -2.86. The molecule has 0 spiro atoms. The van der Waals surface area contributed by atoms with E-state index >= 15 is 0 Å². The minimum atomic E-state index is -0.304. The number of carbonyl (C=O) groups is 2. The number of rotatable bonds is 7. The third-order valence-corrected chi connectivity index (χ3v) is 3.76. The summed E-state index contributed by atoms with van der Waals surface area (Å²) in [6, 6.07) is 12.7. The normalized spacial score (nSPS) is 10.2. The van der Waals surface area contributed by atoms with Crippen LogP contribution in [0.25, 0.3) is 0 Å². The molecular weight excluding hydrogens is 318 g/mol. The molecule has 0 fully saturated rings. The third kappa shape index (κ3) is 5.32. The molecule has 2 rings (SSSR count). The van der Waals surface area contributed by atoms with Crippen LogP contribution in [0.3, 0.4) is 0 Å². The van der Waals surface area contributed by atoms with Gasteiger partial charge in [-0.05, 0) is 43.2 Å². The molecule has 6 heteroatoms. The molecule has 6 nitrogen and oxygen atoms in total. The summed E-state index contributed by atoms with van der Waals surface area (Å²) >= 11 is 0. The van der Waals surface area contributed by atoms with E-state index in [4.69, 9.17) is 10.5 Å². The van der Waals surface area contributed by atoms with Gasteiger partial charge in [-0.1, -0.05) is 24.3 Å². The quantitative estimate of drug-likeness (QED) is 0.721. The van der Waals surface area contributed by atoms with Crippen LogP contribution in [0.2, 0.25) is 0 Å². The van der Waals surface area contributed by atoms with Gasteiger partial charge in [0, 0.05) is 13.0 Å². The molecular formula is C19H23N3O3.